The third-order valence-corrected chi connectivity index (χ3v) is 3.85. The molecule has 0 saturated carbocycles. The Kier molecular flexibility index (Phi) is 3.76. The Labute approximate surface area is 113 Å². The van der Waals surface area contributed by atoms with Gasteiger partial charge in [0.1, 0.15) is 5.54 Å². The van der Waals surface area contributed by atoms with Gasteiger partial charge in [-0.1, -0.05) is 0 Å². The molecule has 3 amide bonds. The van der Waals surface area contributed by atoms with Crippen LogP contribution in [0, 0.1) is 17.2 Å². The van der Waals surface area contributed by atoms with Crippen molar-refractivity contribution < 1.29 is 9.59 Å². The first kappa shape index (κ1) is 13.8. The van der Waals surface area contributed by atoms with Crippen molar-refractivity contribution in [3.8, 4) is 6.07 Å². The number of carbonyl (C=O) groups excluding carboxylic acids is 2. The maximum absolute atomic E-state index is 12.0. The number of piperidine rings is 1. The van der Waals surface area contributed by atoms with Gasteiger partial charge in [0.25, 0.3) is 5.91 Å². The van der Waals surface area contributed by atoms with E-state index in [0.717, 1.165) is 25.9 Å². The van der Waals surface area contributed by atoms with Gasteiger partial charge in [-0.3, -0.25) is 9.69 Å². The lowest BCUT2D eigenvalue weighted by atomic mass is 9.99. The van der Waals surface area contributed by atoms with Gasteiger partial charge in [-0.05, 0) is 39.8 Å². The first-order valence-electron chi connectivity index (χ1n) is 6.70. The molecule has 0 aromatic heterocycles. The largest absolute Gasteiger partial charge is 0.325 e. The number of hydrogen-bond acceptors (Lipinski definition) is 4. The first-order chi connectivity index (χ1) is 8.94. The second-order valence-corrected chi connectivity index (χ2v) is 5.76. The smallest absolute Gasteiger partial charge is 0.324 e. The summed E-state index contributed by atoms with van der Waals surface area (Å²) in [4.78, 5) is 27.2. The molecule has 2 saturated heterocycles. The maximum atomic E-state index is 12.0. The van der Waals surface area contributed by atoms with Crippen LogP contribution in [0.3, 0.4) is 0 Å². The van der Waals surface area contributed by atoms with Crippen LogP contribution < -0.4 is 5.32 Å². The van der Waals surface area contributed by atoms with Gasteiger partial charge in [0, 0.05) is 19.0 Å². The van der Waals surface area contributed by atoms with Crippen molar-refractivity contribution in [3.05, 3.63) is 0 Å². The van der Waals surface area contributed by atoms with Gasteiger partial charge in [-0.2, -0.15) is 5.26 Å². The highest BCUT2D eigenvalue weighted by Crippen LogP contribution is 2.18. The van der Waals surface area contributed by atoms with Crippen molar-refractivity contribution in [3.63, 3.8) is 0 Å². The van der Waals surface area contributed by atoms with Gasteiger partial charge in [0.05, 0.1) is 6.07 Å². The molecule has 2 rings (SSSR count). The summed E-state index contributed by atoms with van der Waals surface area (Å²) < 4.78 is 0. The van der Waals surface area contributed by atoms with Crippen molar-refractivity contribution in [2.24, 2.45) is 5.92 Å². The summed E-state index contributed by atoms with van der Waals surface area (Å²) in [5.41, 5.74) is -0.787. The second kappa shape index (κ2) is 5.17. The molecule has 19 heavy (non-hydrogen) atoms. The fourth-order valence-electron chi connectivity index (χ4n) is 2.55. The molecule has 0 spiro atoms. The average molecular weight is 264 g/mol. The van der Waals surface area contributed by atoms with Crippen molar-refractivity contribution in [1.82, 2.24) is 15.1 Å². The summed E-state index contributed by atoms with van der Waals surface area (Å²) in [6.45, 7) is 6.27. The van der Waals surface area contributed by atoms with Gasteiger partial charge in [-0.25, -0.2) is 4.79 Å². The molecule has 0 radical (unpaired) electrons. The van der Waals surface area contributed by atoms with Gasteiger partial charge in [0.15, 0.2) is 0 Å². The van der Waals surface area contributed by atoms with Crippen LogP contribution in [0.5, 0.6) is 0 Å². The molecular weight excluding hydrogens is 244 g/mol. The summed E-state index contributed by atoms with van der Waals surface area (Å²) in [6.07, 6.45) is 1.75. The monoisotopic (exact) mass is 264 g/mol. The lowest BCUT2D eigenvalue weighted by Crippen LogP contribution is -2.43. The van der Waals surface area contributed by atoms with Crippen LogP contribution in [-0.2, 0) is 4.79 Å². The van der Waals surface area contributed by atoms with E-state index in [4.69, 9.17) is 5.26 Å². The zero-order chi connectivity index (χ0) is 14.0. The zero-order valence-electron chi connectivity index (χ0n) is 11.5. The van der Waals surface area contributed by atoms with Gasteiger partial charge in [0.2, 0.25) is 0 Å². The predicted molar refractivity (Wildman–Crippen MR) is 69.1 cm³/mol. The van der Waals surface area contributed by atoms with E-state index in [1.165, 1.54) is 4.90 Å². The lowest BCUT2D eigenvalue weighted by molar-refractivity contribution is -0.130. The van der Waals surface area contributed by atoms with Crippen molar-refractivity contribution in [2.75, 3.05) is 26.2 Å². The maximum Gasteiger partial charge on any atom is 0.325 e. The van der Waals surface area contributed by atoms with E-state index in [1.807, 2.05) is 0 Å². The normalized spacial score (nSPS) is 24.4. The lowest BCUT2D eigenvalue weighted by Gasteiger charge is -2.30. The second-order valence-electron chi connectivity index (χ2n) is 5.76. The molecule has 6 nitrogen and oxygen atoms in total. The molecular formula is C13H20N4O2. The van der Waals surface area contributed by atoms with Gasteiger partial charge >= 0.3 is 6.03 Å². The molecule has 0 atom stereocenters. The quantitative estimate of drug-likeness (QED) is 0.755. The molecule has 2 aliphatic heterocycles. The highest BCUT2D eigenvalue weighted by Gasteiger charge is 2.43. The SMILES string of the molecule is CC1(C)NC(=O)N(CCN2CCC(C#N)CC2)C1=O. The highest BCUT2D eigenvalue weighted by atomic mass is 16.2. The van der Waals surface area contributed by atoms with Gasteiger partial charge in [-0.15, -0.1) is 0 Å². The van der Waals surface area contributed by atoms with E-state index in [9.17, 15) is 9.59 Å². The number of imide groups is 1. The molecule has 6 heteroatoms. The minimum atomic E-state index is -0.787. The minimum Gasteiger partial charge on any atom is -0.324 e. The number of carbonyl (C=O) groups is 2. The Morgan fingerprint density at radius 2 is 1.95 bits per heavy atom. The fourth-order valence-corrected chi connectivity index (χ4v) is 2.55. The third kappa shape index (κ3) is 2.87. The van der Waals surface area contributed by atoms with E-state index < -0.39 is 5.54 Å². The Hall–Kier alpha value is -1.61. The third-order valence-electron chi connectivity index (χ3n) is 3.85. The number of likely N-dealkylation sites (tertiary alicyclic amines) is 1. The molecule has 104 valence electrons. The van der Waals surface area contributed by atoms with Crippen molar-refractivity contribution >= 4 is 11.9 Å². The number of nitriles is 1. The van der Waals surface area contributed by atoms with Crippen molar-refractivity contribution in [1.29, 1.82) is 5.26 Å². The molecule has 2 aliphatic rings. The van der Waals surface area contributed by atoms with E-state index in [2.05, 4.69) is 16.3 Å². The Bertz CT molecular complexity index is 419. The summed E-state index contributed by atoms with van der Waals surface area (Å²) in [7, 11) is 0. The van der Waals surface area contributed by atoms with Crippen LogP contribution in [0.2, 0.25) is 0 Å². The summed E-state index contributed by atoms with van der Waals surface area (Å²) >= 11 is 0. The topological polar surface area (TPSA) is 76.4 Å². The highest BCUT2D eigenvalue weighted by molar-refractivity contribution is 6.06. The van der Waals surface area contributed by atoms with E-state index in [1.54, 1.807) is 13.8 Å². The Balaban J connectivity index is 1.82. The van der Waals surface area contributed by atoms with Gasteiger partial charge < -0.3 is 10.2 Å². The Morgan fingerprint density at radius 1 is 1.32 bits per heavy atom. The molecule has 0 aromatic rings. The summed E-state index contributed by atoms with van der Waals surface area (Å²) in [6, 6.07) is 1.99. The fraction of sp³-hybridized carbons (Fsp3) is 0.769. The predicted octanol–water partition coefficient (Wildman–Crippen LogP) is 0.552. The molecule has 0 aromatic carbocycles. The number of urea groups is 1. The molecule has 0 aliphatic carbocycles. The number of amides is 3. The molecule has 0 unspecified atom stereocenters. The standard InChI is InChI=1S/C13H20N4O2/c1-13(2)11(18)17(12(19)15-13)8-7-16-5-3-10(9-14)4-6-16/h10H,3-8H2,1-2H3,(H,15,19). The summed E-state index contributed by atoms with van der Waals surface area (Å²) in [5.74, 6) is -0.00342. The zero-order valence-corrected chi connectivity index (χ0v) is 11.5. The average Bonchev–Trinajstić information content (AvgIpc) is 2.57. The molecule has 0 bridgehead atoms. The minimum absolute atomic E-state index is 0.159. The Morgan fingerprint density at radius 3 is 2.42 bits per heavy atom. The molecule has 2 fully saturated rings. The number of rotatable bonds is 3. The summed E-state index contributed by atoms with van der Waals surface area (Å²) in [5, 5.41) is 11.5. The van der Waals surface area contributed by atoms with E-state index in [0.29, 0.717) is 13.1 Å². The number of nitrogens with one attached hydrogen (secondary N) is 1. The first-order valence-corrected chi connectivity index (χ1v) is 6.70. The number of nitrogens with zero attached hydrogens (tertiary/aromatic N) is 3. The number of hydrogen-bond donors (Lipinski definition) is 1. The van der Waals surface area contributed by atoms with Crippen molar-refractivity contribution in [2.45, 2.75) is 32.2 Å². The van der Waals surface area contributed by atoms with Crippen LogP contribution in [-0.4, -0.2) is 53.5 Å². The molecule has 1 N–H and O–H groups in total. The van der Waals surface area contributed by atoms with E-state index >= 15 is 0 Å². The van der Waals surface area contributed by atoms with Crippen LogP contribution in [0.4, 0.5) is 4.79 Å². The van der Waals surface area contributed by atoms with Crippen LogP contribution in [0.1, 0.15) is 26.7 Å². The van der Waals surface area contributed by atoms with Crippen LogP contribution >= 0.6 is 0 Å². The molecule has 2 heterocycles. The van der Waals surface area contributed by atoms with Crippen LogP contribution in [0.15, 0.2) is 0 Å². The van der Waals surface area contributed by atoms with Crippen LogP contribution in [0.25, 0.3) is 0 Å². The van der Waals surface area contributed by atoms with E-state index in [-0.39, 0.29) is 17.9 Å².